The average molecular weight is 297 g/mol. The van der Waals surface area contributed by atoms with Crippen LogP contribution in [0, 0.1) is 0 Å². The van der Waals surface area contributed by atoms with E-state index < -0.39 is 10.0 Å². The fourth-order valence-corrected chi connectivity index (χ4v) is 4.10. The number of piperazine rings is 1. The maximum atomic E-state index is 12.5. The number of nitrogens with zero attached hydrogens (tertiary/aromatic N) is 2. The van der Waals surface area contributed by atoms with Crippen LogP contribution in [0.2, 0.25) is 0 Å². The van der Waals surface area contributed by atoms with Crippen molar-refractivity contribution in [1.82, 2.24) is 14.5 Å². The molecule has 3 rings (SSSR count). The van der Waals surface area contributed by atoms with Crippen LogP contribution in [0.15, 0.2) is 29.2 Å². The Labute approximate surface area is 116 Å². The van der Waals surface area contributed by atoms with E-state index in [1.54, 1.807) is 4.90 Å². The molecule has 108 valence electrons. The molecule has 1 unspecified atom stereocenters. The van der Waals surface area contributed by atoms with Crippen molar-refractivity contribution in [1.29, 1.82) is 0 Å². The van der Waals surface area contributed by atoms with Crippen LogP contribution in [0.25, 0.3) is 0 Å². The van der Waals surface area contributed by atoms with Crippen molar-refractivity contribution < 1.29 is 18.3 Å². The van der Waals surface area contributed by atoms with Gasteiger partial charge in [-0.25, -0.2) is 13.2 Å². The van der Waals surface area contributed by atoms with Crippen LogP contribution >= 0.6 is 0 Å². The number of phenolic OH excluding ortho intramolecular Hbond substituents is 1. The topological polar surface area (TPSA) is 90.0 Å². The molecule has 2 saturated heterocycles. The number of rotatable bonds is 2. The van der Waals surface area contributed by atoms with Gasteiger partial charge in [0.05, 0.1) is 10.9 Å². The quantitative estimate of drug-likeness (QED) is 0.790. The molecule has 2 amide bonds. The molecule has 0 aromatic heterocycles. The zero-order chi connectivity index (χ0) is 14.3. The minimum atomic E-state index is -3.63. The molecule has 2 heterocycles. The molecular formula is C12H15N3O4S. The van der Waals surface area contributed by atoms with E-state index in [4.69, 9.17) is 0 Å². The number of aromatic hydroxyl groups is 1. The lowest BCUT2D eigenvalue weighted by atomic mass is 10.2. The molecule has 1 aromatic rings. The third kappa shape index (κ3) is 2.10. The molecule has 0 saturated carbocycles. The van der Waals surface area contributed by atoms with Gasteiger partial charge in [0.2, 0.25) is 10.0 Å². The normalized spacial score (nSPS) is 23.5. The summed E-state index contributed by atoms with van der Waals surface area (Å²) < 4.78 is 26.4. The van der Waals surface area contributed by atoms with Gasteiger partial charge in [0.1, 0.15) is 5.75 Å². The highest BCUT2D eigenvalue weighted by molar-refractivity contribution is 7.89. The lowest BCUT2D eigenvalue weighted by molar-refractivity contribution is 0.164. The molecule has 1 atom stereocenters. The van der Waals surface area contributed by atoms with E-state index in [2.05, 4.69) is 5.32 Å². The largest absolute Gasteiger partial charge is 0.508 e. The number of carbonyl (C=O) groups excluding carboxylic acids is 1. The van der Waals surface area contributed by atoms with E-state index in [1.165, 1.54) is 28.6 Å². The lowest BCUT2D eigenvalue weighted by Gasteiger charge is -2.35. The number of nitrogens with one attached hydrogen (secondary N) is 1. The standard InChI is InChI=1S/C12H15N3O4S/c16-10-2-1-3-11(6-10)20(18,19)14-4-5-15-9(8-14)7-13-12(15)17/h1-3,6,9,16H,4-5,7-8H2,(H,13,17). The molecule has 0 radical (unpaired) electrons. The molecule has 2 aliphatic heterocycles. The fourth-order valence-electron chi connectivity index (χ4n) is 2.59. The van der Waals surface area contributed by atoms with Gasteiger partial charge in [0.25, 0.3) is 0 Å². The molecular weight excluding hydrogens is 282 g/mol. The summed E-state index contributed by atoms with van der Waals surface area (Å²) in [7, 11) is -3.63. The summed E-state index contributed by atoms with van der Waals surface area (Å²) in [5, 5.41) is 12.1. The second kappa shape index (κ2) is 4.64. The summed E-state index contributed by atoms with van der Waals surface area (Å²) in [6.45, 7) is 1.39. The first kappa shape index (κ1) is 13.2. The van der Waals surface area contributed by atoms with Crippen LogP contribution < -0.4 is 5.32 Å². The molecule has 1 aromatic carbocycles. The number of carbonyl (C=O) groups is 1. The Morgan fingerprint density at radius 2 is 2.10 bits per heavy atom. The third-order valence-corrected chi connectivity index (χ3v) is 5.51. The first-order valence-electron chi connectivity index (χ1n) is 6.32. The van der Waals surface area contributed by atoms with Gasteiger partial charge in [0.15, 0.2) is 0 Å². The number of urea groups is 1. The SMILES string of the molecule is O=C1NCC2CN(S(=O)(=O)c3cccc(O)c3)CCN12. The third-order valence-electron chi connectivity index (χ3n) is 3.65. The van der Waals surface area contributed by atoms with E-state index in [0.29, 0.717) is 13.1 Å². The number of phenols is 1. The van der Waals surface area contributed by atoms with Gasteiger partial charge in [-0.1, -0.05) is 6.07 Å². The Morgan fingerprint density at radius 3 is 2.85 bits per heavy atom. The van der Waals surface area contributed by atoms with E-state index in [9.17, 15) is 18.3 Å². The van der Waals surface area contributed by atoms with Crippen molar-refractivity contribution in [2.45, 2.75) is 10.9 Å². The van der Waals surface area contributed by atoms with Crippen molar-refractivity contribution in [3.8, 4) is 5.75 Å². The van der Waals surface area contributed by atoms with Crippen LogP contribution in [0.1, 0.15) is 0 Å². The van der Waals surface area contributed by atoms with Crippen molar-refractivity contribution in [3.05, 3.63) is 24.3 Å². The molecule has 2 N–H and O–H groups in total. The number of fused-ring (bicyclic) bond motifs is 1. The van der Waals surface area contributed by atoms with E-state index >= 15 is 0 Å². The number of sulfonamides is 1. The molecule has 0 bridgehead atoms. The van der Waals surface area contributed by atoms with E-state index in [0.717, 1.165) is 0 Å². The van der Waals surface area contributed by atoms with Gasteiger partial charge in [-0.05, 0) is 18.2 Å². The van der Waals surface area contributed by atoms with Crippen molar-refractivity contribution in [2.24, 2.45) is 0 Å². The van der Waals surface area contributed by atoms with Crippen LogP contribution in [-0.4, -0.2) is 61.0 Å². The summed E-state index contributed by atoms with van der Waals surface area (Å²) >= 11 is 0. The Hall–Kier alpha value is -1.80. The zero-order valence-corrected chi connectivity index (χ0v) is 11.5. The van der Waals surface area contributed by atoms with E-state index in [-0.39, 0.29) is 35.8 Å². The van der Waals surface area contributed by atoms with E-state index in [1.807, 2.05) is 0 Å². The molecule has 8 heteroatoms. The van der Waals surface area contributed by atoms with Crippen LogP contribution in [-0.2, 0) is 10.0 Å². The predicted molar refractivity (Wildman–Crippen MR) is 70.8 cm³/mol. The van der Waals surface area contributed by atoms with Gasteiger partial charge >= 0.3 is 6.03 Å². The minimum absolute atomic E-state index is 0.0724. The monoisotopic (exact) mass is 297 g/mol. The highest BCUT2D eigenvalue weighted by atomic mass is 32.2. The van der Waals surface area contributed by atoms with Crippen molar-refractivity contribution in [2.75, 3.05) is 26.2 Å². The molecule has 2 fully saturated rings. The Kier molecular flexibility index (Phi) is 3.06. The maximum absolute atomic E-state index is 12.5. The van der Waals surface area contributed by atoms with Crippen molar-refractivity contribution >= 4 is 16.1 Å². The molecule has 7 nitrogen and oxygen atoms in total. The van der Waals surface area contributed by atoms with Gasteiger partial charge in [-0.2, -0.15) is 4.31 Å². The van der Waals surface area contributed by atoms with Crippen LogP contribution in [0.5, 0.6) is 5.75 Å². The fraction of sp³-hybridized carbons (Fsp3) is 0.417. The summed E-state index contributed by atoms with van der Waals surface area (Å²) in [4.78, 5) is 13.2. The minimum Gasteiger partial charge on any atom is -0.508 e. The Morgan fingerprint density at radius 1 is 1.30 bits per heavy atom. The number of amides is 2. The molecule has 0 spiro atoms. The highest BCUT2D eigenvalue weighted by Crippen LogP contribution is 2.23. The van der Waals surface area contributed by atoms with Gasteiger partial charge in [-0.3, -0.25) is 0 Å². The summed E-state index contributed by atoms with van der Waals surface area (Å²) in [6, 6.07) is 5.36. The molecule has 0 aliphatic carbocycles. The Balaban J connectivity index is 1.84. The van der Waals surface area contributed by atoms with Gasteiger partial charge in [0, 0.05) is 26.2 Å². The highest BCUT2D eigenvalue weighted by Gasteiger charge is 2.39. The van der Waals surface area contributed by atoms with Crippen LogP contribution in [0.4, 0.5) is 4.79 Å². The second-order valence-electron chi connectivity index (χ2n) is 4.89. The zero-order valence-electron chi connectivity index (χ0n) is 10.7. The van der Waals surface area contributed by atoms with Gasteiger partial charge in [-0.15, -0.1) is 0 Å². The maximum Gasteiger partial charge on any atom is 0.317 e. The number of benzene rings is 1. The molecule has 2 aliphatic rings. The second-order valence-corrected chi connectivity index (χ2v) is 6.83. The summed E-state index contributed by atoms with van der Waals surface area (Å²) in [5.74, 6) is -0.0811. The lowest BCUT2D eigenvalue weighted by Crippen LogP contribution is -2.53. The average Bonchev–Trinajstić information content (AvgIpc) is 2.80. The predicted octanol–water partition coefficient (Wildman–Crippen LogP) is -0.210. The van der Waals surface area contributed by atoms with Crippen molar-refractivity contribution in [3.63, 3.8) is 0 Å². The summed E-state index contributed by atoms with van der Waals surface area (Å²) in [6.07, 6.45) is 0. The first-order chi connectivity index (χ1) is 9.48. The Bertz CT molecular complexity index is 646. The number of hydrogen-bond donors (Lipinski definition) is 2. The first-order valence-corrected chi connectivity index (χ1v) is 7.76. The van der Waals surface area contributed by atoms with Gasteiger partial charge < -0.3 is 15.3 Å². The van der Waals surface area contributed by atoms with Crippen LogP contribution in [0.3, 0.4) is 0 Å². The molecule has 20 heavy (non-hydrogen) atoms. The number of hydrogen-bond acceptors (Lipinski definition) is 4. The summed E-state index contributed by atoms with van der Waals surface area (Å²) in [5.41, 5.74) is 0. The smallest absolute Gasteiger partial charge is 0.317 e.